The second-order valence-electron chi connectivity index (χ2n) is 8.09. The molecule has 1 aliphatic rings. The standard InChI is InChI=1S/C22H35NO3/c1-7-12-25-22(10-8-16(4)9-11-22)21(24)23-19-13-17(5)20(18(6)14-19)26-15(2)3/h13-16H,7-12H2,1-6H3,(H,23,24). The Morgan fingerprint density at radius 2 is 1.81 bits per heavy atom. The second-order valence-corrected chi connectivity index (χ2v) is 8.09. The number of amides is 1. The predicted molar refractivity (Wildman–Crippen MR) is 107 cm³/mol. The molecule has 0 aliphatic heterocycles. The maximum absolute atomic E-state index is 13.1. The fraction of sp³-hybridized carbons (Fsp3) is 0.682. The summed E-state index contributed by atoms with van der Waals surface area (Å²) in [6, 6.07) is 3.98. The maximum atomic E-state index is 13.1. The summed E-state index contributed by atoms with van der Waals surface area (Å²) in [6.45, 7) is 13.0. The number of hydrogen-bond acceptors (Lipinski definition) is 3. The van der Waals surface area contributed by atoms with Crippen LogP contribution >= 0.6 is 0 Å². The minimum Gasteiger partial charge on any atom is -0.490 e. The SMILES string of the molecule is CCCOC1(C(=O)Nc2cc(C)c(OC(C)C)c(C)c2)CCC(C)CC1. The molecule has 1 fully saturated rings. The molecule has 1 saturated carbocycles. The Kier molecular flexibility index (Phi) is 7.10. The van der Waals surface area contributed by atoms with Gasteiger partial charge in [0.25, 0.3) is 5.91 Å². The van der Waals surface area contributed by atoms with Crippen molar-refractivity contribution in [1.82, 2.24) is 0 Å². The lowest BCUT2D eigenvalue weighted by Gasteiger charge is -2.38. The largest absolute Gasteiger partial charge is 0.490 e. The van der Waals surface area contributed by atoms with E-state index in [1.165, 1.54) is 0 Å². The number of anilines is 1. The van der Waals surface area contributed by atoms with E-state index in [1.54, 1.807) is 0 Å². The summed E-state index contributed by atoms with van der Waals surface area (Å²) >= 11 is 0. The molecule has 26 heavy (non-hydrogen) atoms. The molecule has 0 bridgehead atoms. The van der Waals surface area contributed by atoms with Crippen LogP contribution in [0.5, 0.6) is 5.75 Å². The number of carbonyl (C=O) groups excluding carboxylic acids is 1. The van der Waals surface area contributed by atoms with E-state index in [1.807, 2.05) is 39.8 Å². The Bertz CT molecular complexity index is 587. The zero-order chi connectivity index (χ0) is 19.3. The first-order chi connectivity index (χ1) is 12.3. The summed E-state index contributed by atoms with van der Waals surface area (Å²) in [4.78, 5) is 13.1. The van der Waals surface area contributed by atoms with Crippen molar-refractivity contribution in [3.05, 3.63) is 23.3 Å². The van der Waals surface area contributed by atoms with Gasteiger partial charge >= 0.3 is 0 Å². The van der Waals surface area contributed by atoms with Gasteiger partial charge in [0.1, 0.15) is 11.4 Å². The number of carbonyl (C=O) groups is 1. The van der Waals surface area contributed by atoms with Crippen molar-refractivity contribution in [3.63, 3.8) is 0 Å². The molecule has 146 valence electrons. The number of hydrogen-bond donors (Lipinski definition) is 1. The van der Waals surface area contributed by atoms with Gasteiger partial charge in [0.2, 0.25) is 0 Å². The first-order valence-corrected chi connectivity index (χ1v) is 10.0. The van der Waals surface area contributed by atoms with Gasteiger partial charge in [-0.2, -0.15) is 0 Å². The van der Waals surface area contributed by atoms with E-state index in [-0.39, 0.29) is 12.0 Å². The molecule has 1 amide bonds. The van der Waals surface area contributed by atoms with E-state index < -0.39 is 5.60 Å². The first kappa shape index (κ1) is 20.8. The van der Waals surface area contributed by atoms with Crippen LogP contribution in [-0.2, 0) is 9.53 Å². The monoisotopic (exact) mass is 361 g/mol. The topological polar surface area (TPSA) is 47.6 Å². The number of nitrogens with one attached hydrogen (secondary N) is 1. The van der Waals surface area contributed by atoms with Crippen LogP contribution < -0.4 is 10.1 Å². The predicted octanol–water partition coefficient (Wildman–Crippen LogP) is 5.40. The van der Waals surface area contributed by atoms with E-state index in [4.69, 9.17) is 9.47 Å². The Labute approximate surface area is 158 Å². The summed E-state index contributed by atoms with van der Waals surface area (Å²) < 4.78 is 12.0. The van der Waals surface area contributed by atoms with Gasteiger partial charge in [-0.25, -0.2) is 0 Å². The van der Waals surface area contributed by atoms with Crippen molar-refractivity contribution in [2.24, 2.45) is 5.92 Å². The Balaban J connectivity index is 2.18. The minimum absolute atomic E-state index is 0.00539. The van der Waals surface area contributed by atoms with E-state index in [2.05, 4.69) is 19.2 Å². The molecule has 0 spiro atoms. The van der Waals surface area contributed by atoms with Crippen LogP contribution in [0, 0.1) is 19.8 Å². The van der Waals surface area contributed by atoms with Crippen molar-refractivity contribution in [2.75, 3.05) is 11.9 Å². The Hall–Kier alpha value is -1.55. The third-order valence-electron chi connectivity index (χ3n) is 5.15. The average molecular weight is 362 g/mol. The van der Waals surface area contributed by atoms with Crippen molar-refractivity contribution in [2.45, 2.75) is 85.4 Å². The zero-order valence-corrected chi connectivity index (χ0v) is 17.3. The molecule has 0 radical (unpaired) electrons. The molecule has 0 saturated heterocycles. The summed E-state index contributed by atoms with van der Waals surface area (Å²) in [7, 11) is 0. The summed E-state index contributed by atoms with van der Waals surface area (Å²) in [6.07, 6.45) is 4.72. The van der Waals surface area contributed by atoms with Crippen LogP contribution in [0.15, 0.2) is 12.1 Å². The van der Waals surface area contributed by atoms with Gasteiger partial charge in [0.15, 0.2) is 0 Å². The maximum Gasteiger partial charge on any atom is 0.256 e. The quantitative estimate of drug-likeness (QED) is 0.707. The molecule has 1 aromatic carbocycles. The van der Waals surface area contributed by atoms with Gasteiger partial charge in [0.05, 0.1) is 6.10 Å². The van der Waals surface area contributed by atoms with Gasteiger partial charge < -0.3 is 14.8 Å². The molecular weight excluding hydrogens is 326 g/mol. The number of ether oxygens (including phenoxy) is 2. The van der Waals surface area contributed by atoms with E-state index in [0.29, 0.717) is 12.5 Å². The average Bonchev–Trinajstić information content (AvgIpc) is 2.58. The first-order valence-electron chi connectivity index (χ1n) is 10.0. The lowest BCUT2D eigenvalue weighted by atomic mass is 9.78. The minimum atomic E-state index is -0.683. The van der Waals surface area contributed by atoms with Crippen molar-refractivity contribution < 1.29 is 14.3 Å². The highest BCUT2D eigenvalue weighted by atomic mass is 16.5. The third-order valence-corrected chi connectivity index (χ3v) is 5.15. The highest BCUT2D eigenvalue weighted by Crippen LogP contribution is 2.36. The third kappa shape index (κ3) is 5.00. The normalized spacial score (nSPS) is 23.1. The molecule has 4 nitrogen and oxygen atoms in total. The summed E-state index contributed by atoms with van der Waals surface area (Å²) in [5, 5.41) is 3.12. The van der Waals surface area contributed by atoms with Crippen LogP contribution in [0.4, 0.5) is 5.69 Å². The summed E-state index contributed by atoms with van der Waals surface area (Å²) in [5.41, 5.74) is 2.21. The molecule has 1 aromatic rings. The van der Waals surface area contributed by atoms with Gasteiger partial charge in [-0.3, -0.25) is 4.79 Å². The highest BCUT2D eigenvalue weighted by Gasteiger charge is 2.42. The molecule has 1 aliphatic carbocycles. The second kappa shape index (κ2) is 8.90. The van der Waals surface area contributed by atoms with E-state index in [0.717, 1.165) is 54.7 Å². The fourth-order valence-corrected chi connectivity index (χ4v) is 3.65. The Morgan fingerprint density at radius 1 is 1.23 bits per heavy atom. The molecule has 0 heterocycles. The number of rotatable bonds is 7. The number of aryl methyl sites for hydroxylation is 2. The zero-order valence-electron chi connectivity index (χ0n) is 17.3. The molecule has 4 heteroatoms. The summed E-state index contributed by atoms with van der Waals surface area (Å²) in [5.74, 6) is 1.56. The molecule has 0 unspecified atom stereocenters. The van der Waals surface area contributed by atoms with E-state index in [9.17, 15) is 4.79 Å². The molecule has 0 atom stereocenters. The van der Waals surface area contributed by atoms with E-state index >= 15 is 0 Å². The van der Waals surface area contributed by atoms with Crippen LogP contribution in [0.3, 0.4) is 0 Å². The van der Waals surface area contributed by atoms with Gasteiger partial charge in [-0.05, 0) is 89.0 Å². The van der Waals surface area contributed by atoms with Crippen LogP contribution in [-0.4, -0.2) is 24.2 Å². The fourth-order valence-electron chi connectivity index (χ4n) is 3.65. The Morgan fingerprint density at radius 3 is 2.31 bits per heavy atom. The van der Waals surface area contributed by atoms with Gasteiger partial charge in [-0.1, -0.05) is 13.8 Å². The smallest absolute Gasteiger partial charge is 0.256 e. The molecule has 2 rings (SSSR count). The van der Waals surface area contributed by atoms with Crippen LogP contribution in [0.25, 0.3) is 0 Å². The highest BCUT2D eigenvalue weighted by molar-refractivity contribution is 5.97. The molecule has 1 N–H and O–H groups in total. The van der Waals surface area contributed by atoms with Crippen molar-refractivity contribution >= 4 is 11.6 Å². The number of benzene rings is 1. The van der Waals surface area contributed by atoms with Crippen molar-refractivity contribution in [1.29, 1.82) is 0 Å². The molecular formula is C22H35NO3. The van der Waals surface area contributed by atoms with Gasteiger partial charge in [0, 0.05) is 12.3 Å². The van der Waals surface area contributed by atoms with Crippen LogP contribution in [0.2, 0.25) is 0 Å². The van der Waals surface area contributed by atoms with Crippen LogP contribution in [0.1, 0.15) is 70.9 Å². The molecule has 0 aromatic heterocycles. The van der Waals surface area contributed by atoms with Gasteiger partial charge in [-0.15, -0.1) is 0 Å². The lowest BCUT2D eigenvalue weighted by molar-refractivity contribution is -0.147. The lowest BCUT2D eigenvalue weighted by Crippen LogP contribution is -2.48. The van der Waals surface area contributed by atoms with Crippen molar-refractivity contribution in [3.8, 4) is 5.75 Å².